The van der Waals surface area contributed by atoms with Crippen molar-refractivity contribution in [2.24, 2.45) is 0 Å². The van der Waals surface area contributed by atoms with Crippen LogP contribution in [-0.4, -0.2) is 31.1 Å². The summed E-state index contributed by atoms with van der Waals surface area (Å²) in [5.74, 6) is -1.12. The summed E-state index contributed by atoms with van der Waals surface area (Å²) in [7, 11) is 0. The Hall–Kier alpha value is -2.80. The zero-order valence-corrected chi connectivity index (χ0v) is 11.6. The first-order valence-electron chi connectivity index (χ1n) is 6.07. The number of nitrogens with zero attached hydrogens (tertiary/aromatic N) is 4. The summed E-state index contributed by atoms with van der Waals surface area (Å²) in [6.07, 6.45) is 5.13. The van der Waals surface area contributed by atoms with Crippen molar-refractivity contribution in [3.63, 3.8) is 0 Å². The molecule has 0 aliphatic heterocycles. The van der Waals surface area contributed by atoms with E-state index >= 15 is 0 Å². The molecule has 0 saturated heterocycles. The molecule has 1 N–H and O–H groups in total. The highest BCUT2D eigenvalue weighted by Gasteiger charge is 2.18. The Bertz CT molecular complexity index is 779. The van der Waals surface area contributed by atoms with Crippen molar-refractivity contribution in [2.75, 3.05) is 0 Å². The van der Waals surface area contributed by atoms with Gasteiger partial charge in [-0.2, -0.15) is 4.68 Å². The fraction of sp³-hybridized carbons (Fsp3) is 0. The number of carboxylic acids is 1. The highest BCUT2D eigenvalue weighted by atomic mass is 32.1. The lowest BCUT2D eigenvalue weighted by Crippen LogP contribution is -2.02. The van der Waals surface area contributed by atoms with Crippen molar-refractivity contribution in [3.8, 4) is 5.13 Å². The largest absolute Gasteiger partial charge is 0.476 e. The van der Waals surface area contributed by atoms with Gasteiger partial charge in [-0.3, -0.25) is 0 Å². The molecule has 2 aromatic heterocycles. The second-order valence-corrected chi connectivity index (χ2v) is 4.97. The highest BCUT2D eigenvalue weighted by molar-refractivity contribution is 7.12. The summed E-state index contributed by atoms with van der Waals surface area (Å²) >= 11 is 1.36. The van der Waals surface area contributed by atoms with Crippen LogP contribution in [0, 0.1) is 0 Å². The van der Waals surface area contributed by atoms with E-state index in [0.29, 0.717) is 10.8 Å². The second kappa shape index (κ2) is 5.68. The highest BCUT2D eigenvalue weighted by Crippen LogP contribution is 2.18. The molecule has 0 aliphatic rings. The fourth-order valence-corrected chi connectivity index (χ4v) is 2.39. The van der Waals surface area contributed by atoms with Crippen molar-refractivity contribution in [3.05, 3.63) is 58.9 Å². The topological polar surface area (TPSA) is 80.9 Å². The van der Waals surface area contributed by atoms with Gasteiger partial charge in [0.05, 0.1) is 0 Å². The lowest BCUT2D eigenvalue weighted by Gasteiger charge is -1.99. The Morgan fingerprint density at radius 2 is 2.05 bits per heavy atom. The van der Waals surface area contributed by atoms with E-state index in [4.69, 9.17) is 0 Å². The zero-order chi connectivity index (χ0) is 14.7. The number of hydrogen-bond donors (Lipinski definition) is 1. The van der Waals surface area contributed by atoms with E-state index in [1.807, 2.05) is 36.4 Å². The van der Waals surface area contributed by atoms with Crippen LogP contribution in [0.2, 0.25) is 0 Å². The SMILES string of the molecule is O=C(O)c1nnn(-c2nccs2)c1/C=C/c1ccccc1. The van der Waals surface area contributed by atoms with Gasteiger partial charge in [0.1, 0.15) is 5.69 Å². The van der Waals surface area contributed by atoms with E-state index in [-0.39, 0.29) is 5.69 Å². The van der Waals surface area contributed by atoms with Crippen molar-refractivity contribution < 1.29 is 9.90 Å². The monoisotopic (exact) mass is 298 g/mol. The summed E-state index contributed by atoms with van der Waals surface area (Å²) in [5, 5.41) is 19.2. The second-order valence-electron chi connectivity index (χ2n) is 4.10. The van der Waals surface area contributed by atoms with Crippen LogP contribution in [0.25, 0.3) is 17.3 Å². The molecule has 3 rings (SSSR count). The van der Waals surface area contributed by atoms with Crippen LogP contribution in [0.15, 0.2) is 41.9 Å². The summed E-state index contributed by atoms with van der Waals surface area (Å²) in [4.78, 5) is 15.4. The van der Waals surface area contributed by atoms with Gasteiger partial charge in [-0.25, -0.2) is 9.78 Å². The van der Waals surface area contributed by atoms with Gasteiger partial charge in [0.25, 0.3) is 0 Å². The lowest BCUT2D eigenvalue weighted by atomic mass is 10.2. The first kappa shape index (κ1) is 13.2. The van der Waals surface area contributed by atoms with Crippen LogP contribution in [-0.2, 0) is 0 Å². The first-order chi connectivity index (χ1) is 10.3. The minimum absolute atomic E-state index is 0.0996. The minimum Gasteiger partial charge on any atom is -0.476 e. The van der Waals surface area contributed by atoms with Gasteiger partial charge < -0.3 is 5.11 Å². The Balaban J connectivity index is 2.05. The van der Waals surface area contributed by atoms with Gasteiger partial charge in [-0.1, -0.05) is 41.6 Å². The molecule has 0 fully saturated rings. The number of thiazole rings is 1. The van der Waals surface area contributed by atoms with Crippen LogP contribution in [0.5, 0.6) is 0 Å². The van der Waals surface area contributed by atoms with E-state index in [2.05, 4.69) is 15.3 Å². The van der Waals surface area contributed by atoms with E-state index in [9.17, 15) is 9.90 Å². The maximum Gasteiger partial charge on any atom is 0.358 e. The molecule has 2 heterocycles. The third-order valence-electron chi connectivity index (χ3n) is 2.74. The van der Waals surface area contributed by atoms with Gasteiger partial charge >= 0.3 is 5.97 Å². The van der Waals surface area contributed by atoms with Crippen molar-refractivity contribution in [2.45, 2.75) is 0 Å². The molecule has 6 nitrogen and oxygen atoms in total. The normalized spacial score (nSPS) is 11.0. The predicted molar refractivity (Wildman–Crippen MR) is 79.4 cm³/mol. The number of carboxylic acid groups (broad SMARTS) is 1. The molecular formula is C14H10N4O2S. The first-order valence-corrected chi connectivity index (χ1v) is 6.95. The molecule has 7 heteroatoms. The molecule has 0 saturated carbocycles. The average molecular weight is 298 g/mol. The van der Waals surface area contributed by atoms with Crippen molar-refractivity contribution in [1.29, 1.82) is 0 Å². The zero-order valence-electron chi connectivity index (χ0n) is 10.7. The molecule has 0 unspecified atom stereocenters. The number of carbonyl (C=O) groups is 1. The predicted octanol–water partition coefficient (Wildman–Crippen LogP) is 2.59. The molecular weight excluding hydrogens is 288 g/mol. The smallest absolute Gasteiger partial charge is 0.358 e. The maximum atomic E-state index is 11.2. The maximum absolute atomic E-state index is 11.2. The molecule has 21 heavy (non-hydrogen) atoms. The standard InChI is InChI=1S/C14H10N4O2S/c19-13(20)12-11(7-6-10-4-2-1-3-5-10)18(17-16-12)14-15-8-9-21-14/h1-9H,(H,19,20)/b7-6+. The Morgan fingerprint density at radius 3 is 2.71 bits per heavy atom. The van der Waals surface area contributed by atoms with Crippen LogP contribution in [0.1, 0.15) is 21.7 Å². The summed E-state index contributed by atoms with van der Waals surface area (Å²) in [6.45, 7) is 0. The number of hydrogen-bond acceptors (Lipinski definition) is 5. The average Bonchev–Trinajstić information content (AvgIpc) is 3.15. The number of aromatic carboxylic acids is 1. The lowest BCUT2D eigenvalue weighted by molar-refractivity contribution is 0.0690. The molecule has 0 aliphatic carbocycles. The summed E-state index contributed by atoms with van der Waals surface area (Å²) in [5.41, 5.74) is 1.25. The molecule has 1 aromatic carbocycles. The minimum atomic E-state index is -1.12. The Labute approximate surface area is 124 Å². The molecule has 3 aromatic rings. The van der Waals surface area contributed by atoms with Gasteiger partial charge in [0, 0.05) is 11.6 Å². The Kier molecular flexibility index (Phi) is 3.57. The number of rotatable bonds is 4. The van der Waals surface area contributed by atoms with Gasteiger partial charge in [0.15, 0.2) is 5.69 Å². The molecule has 0 bridgehead atoms. The van der Waals surface area contributed by atoms with E-state index in [1.54, 1.807) is 17.7 Å². The summed E-state index contributed by atoms with van der Waals surface area (Å²) in [6, 6.07) is 9.59. The fourth-order valence-electron chi connectivity index (χ4n) is 1.79. The molecule has 0 spiro atoms. The van der Waals surface area contributed by atoms with Gasteiger partial charge in [-0.05, 0) is 11.6 Å². The van der Waals surface area contributed by atoms with Crippen LogP contribution in [0.4, 0.5) is 0 Å². The molecule has 0 radical (unpaired) electrons. The van der Waals surface area contributed by atoms with E-state index in [1.165, 1.54) is 16.0 Å². The van der Waals surface area contributed by atoms with Crippen LogP contribution in [0.3, 0.4) is 0 Å². The molecule has 104 valence electrons. The quantitative estimate of drug-likeness (QED) is 0.800. The van der Waals surface area contributed by atoms with Gasteiger partial charge in [0.2, 0.25) is 5.13 Å². The Morgan fingerprint density at radius 1 is 1.24 bits per heavy atom. The van der Waals surface area contributed by atoms with Gasteiger partial charge in [-0.15, -0.1) is 16.4 Å². The van der Waals surface area contributed by atoms with E-state index < -0.39 is 5.97 Å². The van der Waals surface area contributed by atoms with Crippen LogP contribution >= 0.6 is 11.3 Å². The van der Waals surface area contributed by atoms with Crippen molar-refractivity contribution >= 4 is 29.5 Å². The molecule has 0 atom stereocenters. The number of benzene rings is 1. The van der Waals surface area contributed by atoms with Crippen LogP contribution < -0.4 is 0 Å². The number of aromatic nitrogens is 4. The van der Waals surface area contributed by atoms with Crippen molar-refractivity contribution in [1.82, 2.24) is 20.0 Å². The third kappa shape index (κ3) is 2.72. The molecule has 0 amide bonds. The van der Waals surface area contributed by atoms with E-state index in [0.717, 1.165) is 5.56 Å². The third-order valence-corrected chi connectivity index (χ3v) is 3.49. The summed E-state index contributed by atoms with van der Waals surface area (Å²) < 4.78 is 1.42.